The molecular formula is C17H29NO4. The van der Waals surface area contributed by atoms with Crippen LogP contribution < -0.4 is 0 Å². The molecule has 1 spiro atoms. The lowest BCUT2D eigenvalue weighted by Crippen LogP contribution is -2.54. The van der Waals surface area contributed by atoms with E-state index >= 15 is 0 Å². The van der Waals surface area contributed by atoms with Crippen LogP contribution in [0, 0.1) is 5.41 Å². The predicted octanol–water partition coefficient (Wildman–Crippen LogP) is 5.10. The fraction of sp³-hybridized carbons (Fsp3) is 0.882. The first-order chi connectivity index (χ1) is 10.6. The second kappa shape index (κ2) is 7.84. The third-order valence-corrected chi connectivity index (χ3v) is 5.68. The molecule has 2 rings (SSSR count). The molecule has 0 bridgehead atoms. The number of amides is 2. The highest BCUT2D eigenvalue weighted by Gasteiger charge is 2.46. The minimum Gasteiger partial charge on any atom is -0.465 e. The maximum absolute atomic E-state index is 11.5. The van der Waals surface area contributed by atoms with Gasteiger partial charge in [0.25, 0.3) is 0 Å². The molecule has 2 aliphatic carbocycles. The van der Waals surface area contributed by atoms with E-state index in [1.54, 1.807) is 0 Å². The number of hydrogen-bond acceptors (Lipinski definition) is 2. The molecule has 0 aromatic heterocycles. The monoisotopic (exact) mass is 311 g/mol. The lowest BCUT2D eigenvalue weighted by molar-refractivity contribution is 0.0161. The van der Waals surface area contributed by atoms with E-state index in [2.05, 4.69) is 0 Å². The van der Waals surface area contributed by atoms with Gasteiger partial charge in [-0.15, -0.1) is 0 Å². The maximum Gasteiger partial charge on any atom is 0.417 e. The zero-order chi connectivity index (χ0) is 16.0. The fourth-order valence-electron chi connectivity index (χ4n) is 4.59. The van der Waals surface area contributed by atoms with Gasteiger partial charge in [-0.2, -0.15) is 0 Å². The van der Waals surface area contributed by atoms with E-state index in [-0.39, 0.29) is 11.5 Å². The quantitative estimate of drug-likeness (QED) is 0.706. The lowest BCUT2D eigenvalue weighted by atomic mass is 9.64. The van der Waals surface area contributed by atoms with Crippen molar-refractivity contribution in [3.63, 3.8) is 0 Å². The van der Waals surface area contributed by atoms with Gasteiger partial charge in [0, 0.05) is 0 Å². The molecule has 0 radical (unpaired) electrons. The van der Waals surface area contributed by atoms with Crippen molar-refractivity contribution in [3.8, 4) is 0 Å². The second-order valence-corrected chi connectivity index (χ2v) is 7.03. The molecule has 22 heavy (non-hydrogen) atoms. The first kappa shape index (κ1) is 17.1. The van der Waals surface area contributed by atoms with Crippen LogP contribution in [0.4, 0.5) is 9.59 Å². The number of hydrogen-bond donors (Lipinski definition) is 2. The van der Waals surface area contributed by atoms with Crippen LogP contribution in [-0.2, 0) is 0 Å². The van der Waals surface area contributed by atoms with Gasteiger partial charge in [0.1, 0.15) is 0 Å². The van der Waals surface area contributed by atoms with Crippen LogP contribution in [0.2, 0.25) is 0 Å². The summed E-state index contributed by atoms with van der Waals surface area (Å²) < 4.78 is 0. The highest BCUT2D eigenvalue weighted by Crippen LogP contribution is 2.47. The van der Waals surface area contributed by atoms with Gasteiger partial charge in [-0.1, -0.05) is 57.8 Å². The van der Waals surface area contributed by atoms with E-state index in [0.29, 0.717) is 11.3 Å². The Morgan fingerprint density at radius 1 is 0.727 bits per heavy atom. The third kappa shape index (κ3) is 3.93. The van der Waals surface area contributed by atoms with E-state index in [1.807, 2.05) is 0 Å². The molecule has 126 valence electrons. The van der Waals surface area contributed by atoms with Gasteiger partial charge in [-0.05, 0) is 31.1 Å². The molecule has 0 aliphatic heterocycles. The Morgan fingerprint density at radius 2 is 1.14 bits per heavy atom. The van der Waals surface area contributed by atoms with Crippen LogP contribution in [0.1, 0.15) is 83.5 Å². The average Bonchev–Trinajstić information content (AvgIpc) is 2.47. The minimum atomic E-state index is -1.31. The van der Waals surface area contributed by atoms with Gasteiger partial charge in [0.15, 0.2) is 0 Å². The van der Waals surface area contributed by atoms with Crippen molar-refractivity contribution in [3.05, 3.63) is 0 Å². The molecule has 2 fully saturated rings. The van der Waals surface area contributed by atoms with Crippen molar-refractivity contribution in [1.82, 2.24) is 4.90 Å². The summed E-state index contributed by atoms with van der Waals surface area (Å²) >= 11 is 0. The molecule has 2 N–H and O–H groups in total. The molecule has 0 saturated heterocycles. The summed E-state index contributed by atoms with van der Waals surface area (Å²) in [5, 5.41) is 18.8. The summed E-state index contributed by atoms with van der Waals surface area (Å²) in [4.78, 5) is 23.7. The Balaban J connectivity index is 2.23. The number of nitrogens with zero attached hydrogens (tertiary/aromatic N) is 1. The van der Waals surface area contributed by atoms with Crippen LogP contribution >= 0.6 is 0 Å². The first-order valence-corrected chi connectivity index (χ1v) is 8.82. The Morgan fingerprint density at radius 3 is 1.59 bits per heavy atom. The van der Waals surface area contributed by atoms with Crippen molar-refractivity contribution < 1.29 is 19.8 Å². The molecule has 5 heteroatoms. The van der Waals surface area contributed by atoms with Gasteiger partial charge >= 0.3 is 12.2 Å². The molecule has 2 aliphatic rings. The SMILES string of the molecule is O=C(O)N(C(=O)O)C1CCCCC12CCCCCCCCC2. The molecular weight excluding hydrogens is 282 g/mol. The number of rotatable bonds is 1. The lowest BCUT2D eigenvalue weighted by Gasteiger charge is -2.47. The van der Waals surface area contributed by atoms with Crippen LogP contribution in [0.3, 0.4) is 0 Å². The van der Waals surface area contributed by atoms with E-state index < -0.39 is 12.2 Å². The summed E-state index contributed by atoms with van der Waals surface area (Å²) in [6.45, 7) is 0. The zero-order valence-corrected chi connectivity index (χ0v) is 13.4. The van der Waals surface area contributed by atoms with Gasteiger partial charge in [0.05, 0.1) is 6.04 Å². The van der Waals surface area contributed by atoms with E-state index in [9.17, 15) is 19.8 Å². The third-order valence-electron chi connectivity index (χ3n) is 5.68. The summed E-state index contributed by atoms with van der Waals surface area (Å²) in [6, 6.07) is -0.351. The molecule has 0 aromatic rings. The number of carboxylic acid groups (broad SMARTS) is 2. The Kier molecular flexibility index (Phi) is 6.09. The molecule has 5 nitrogen and oxygen atoms in total. The Labute approximate surface area is 132 Å². The summed E-state index contributed by atoms with van der Waals surface area (Å²) in [7, 11) is 0. The van der Waals surface area contributed by atoms with Crippen LogP contribution in [-0.4, -0.2) is 33.3 Å². The van der Waals surface area contributed by atoms with Crippen LogP contribution in [0.15, 0.2) is 0 Å². The Bertz CT molecular complexity index is 372. The van der Waals surface area contributed by atoms with Crippen molar-refractivity contribution in [1.29, 1.82) is 0 Å². The van der Waals surface area contributed by atoms with Crippen LogP contribution in [0.5, 0.6) is 0 Å². The predicted molar refractivity (Wildman–Crippen MR) is 84.1 cm³/mol. The molecule has 2 saturated carbocycles. The topological polar surface area (TPSA) is 77.8 Å². The fourth-order valence-corrected chi connectivity index (χ4v) is 4.59. The molecule has 0 heterocycles. The second-order valence-electron chi connectivity index (χ2n) is 7.03. The summed E-state index contributed by atoms with van der Waals surface area (Å²) in [5.41, 5.74) is -0.119. The van der Waals surface area contributed by atoms with Gasteiger partial charge < -0.3 is 10.2 Å². The van der Waals surface area contributed by atoms with Crippen LogP contribution in [0.25, 0.3) is 0 Å². The van der Waals surface area contributed by atoms with Gasteiger partial charge in [0.2, 0.25) is 0 Å². The molecule has 1 atom stereocenters. The van der Waals surface area contributed by atoms with Crippen molar-refractivity contribution in [2.24, 2.45) is 5.41 Å². The Hall–Kier alpha value is -1.26. The van der Waals surface area contributed by atoms with Crippen molar-refractivity contribution >= 4 is 12.2 Å². The van der Waals surface area contributed by atoms with Crippen molar-refractivity contribution in [2.75, 3.05) is 0 Å². The minimum absolute atomic E-state index is 0.119. The maximum atomic E-state index is 11.5. The smallest absolute Gasteiger partial charge is 0.417 e. The summed E-state index contributed by atoms with van der Waals surface area (Å²) in [5.74, 6) is 0. The zero-order valence-electron chi connectivity index (χ0n) is 13.4. The highest BCUT2D eigenvalue weighted by molar-refractivity contribution is 5.86. The molecule has 1 unspecified atom stereocenters. The van der Waals surface area contributed by atoms with Crippen molar-refractivity contribution in [2.45, 2.75) is 89.5 Å². The first-order valence-electron chi connectivity index (χ1n) is 8.82. The van der Waals surface area contributed by atoms with Gasteiger partial charge in [-0.25, -0.2) is 14.5 Å². The number of imide groups is 1. The highest BCUT2D eigenvalue weighted by atomic mass is 16.4. The largest absolute Gasteiger partial charge is 0.465 e. The normalized spacial score (nSPS) is 26.3. The van der Waals surface area contributed by atoms with E-state index in [0.717, 1.165) is 44.9 Å². The average molecular weight is 311 g/mol. The van der Waals surface area contributed by atoms with E-state index in [1.165, 1.54) is 32.1 Å². The molecule has 2 amide bonds. The van der Waals surface area contributed by atoms with Gasteiger partial charge in [-0.3, -0.25) is 0 Å². The molecule has 0 aromatic carbocycles. The standard InChI is InChI=1S/C17H29NO4/c19-15(20)18(16(21)22)14-10-6-9-13-17(14)11-7-4-2-1-3-5-8-12-17/h14H,1-13H2,(H,19,20)(H,21,22). The van der Waals surface area contributed by atoms with E-state index in [4.69, 9.17) is 0 Å². The summed E-state index contributed by atoms with van der Waals surface area (Å²) in [6.07, 6.45) is 11.4. The number of carbonyl (C=O) groups is 2.